The number of hydrogen-bond donors (Lipinski definition) is 2. The number of hydrogen-bond acceptors (Lipinski definition) is 1. The highest BCUT2D eigenvalue weighted by molar-refractivity contribution is 5.13. The molecule has 1 aromatic rings. The molecule has 1 aromatic carbocycles. The van der Waals surface area contributed by atoms with Crippen molar-refractivity contribution in [3.8, 4) is 0 Å². The highest BCUT2D eigenvalue weighted by Gasteiger charge is 2.28. The summed E-state index contributed by atoms with van der Waals surface area (Å²) in [4.78, 5) is 1.48. The molecule has 64 valence electrons. The highest BCUT2D eigenvalue weighted by atomic mass is 16.3. The van der Waals surface area contributed by atoms with Gasteiger partial charge in [0, 0.05) is 5.56 Å². The second-order valence-electron chi connectivity index (χ2n) is 3.47. The van der Waals surface area contributed by atoms with Gasteiger partial charge in [0.15, 0.2) is 6.10 Å². The number of nitrogens with one attached hydrogen (secondary N) is 1. The molecule has 2 nitrogen and oxygen atoms in total. The van der Waals surface area contributed by atoms with Crippen LogP contribution in [0.2, 0.25) is 0 Å². The number of benzene rings is 1. The van der Waals surface area contributed by atoms with Crippen LogP contribution < -0.4 is 4.90 Å². The molecule has 1 aliphatic heterocycles. The Bertz CT molecular complexity index is 241. The van der Waals surface area contributed by atoms with E-state index in [0.29, 0.717) is 0 Å². The predicted octanol–water partition coefficient (Wildman–Crippen LogP) is -0.554. The molecule has 1 fully saturated rings. The maximum absolute atomic E-state index is 9.08. The van der Waals surface area contributed by atoms with Gasteiger partial charge >= 0.3 is 0 Å². The van der Waals surface area contributed by atoms with Gasteiger partial charge in [-0.1, -0.05) is 30.3 Å². The Labute approximate surface area is 72.4 Å². The van der Waals surface area contributed by atoms with Crippen molar-refractivity contribution in [2.45, 2.75) is 12.6 Å². The van der Waals surface area contributed by atoms with Gasteiger partial charge in [0.2, 0.25) is 0 Å². The molecule has 0 aromatic heterocycles. The van der Waals surface area contributed by atoms with Crippen LogP contribution in [0.15, 0.2) is 30.3 Å². The Hall–Kier alpha value is -0.860. The molecule has 2 N–H and O–H groups in total. The molecule has 0 atom stereocenters. The lowest BCUT2D eigenvalue weighted by Gasteiger charge is -2.31. The predicted molar refractivity (Wildman–Crippen MR) is 46.8 cm³/mol. The molecule has 0 aliphatic carbocycles. The number of quaternary nitrogens is 1. The van der Waals surface area contributed by atoms with E-state index in [1.54, 1.807) is 0 Å². The maximum atomic E-state index is 9.08. The van der Waals surface area contributed by atoms with Crippen molar-refractivity contribution < 1.29 is 10.0 Å². The third-order valence-electron chi connectivity index (χ3n) is 2.35. The molecule has 2 heteroatoms. The fourth-order valence-electron chi connectivity index (χ4n) is 1.64. The van der Waals surface area contributed by atoms with Crippen molar-refractivity contribution in [1.29, 1.82) is 0 Å². The molecular formula is C10H14NO+. The first-order valence-corrected chi connectivity index (χ1v) is 4.40. The summed E-state index contributed by atoms with van der Waals surface area (Å²) in [7, 11) is 0. The fourth-order valence-corrected chi connectivity index (χ4v) is 1.64. The van der Waals surface area contributed by atoms with Crippen molar-refractivity contribution in [3.05, 3.63) is 35.9 Å². The zero-order valence-corrected chi connectivity index (χ0v) is 7.03. The van der Waals surface area contributed by atoms with Crippen LogP contribution in [0.3, 0.4) is 0 Å². The van der Waals surface area contributed by atoms with Crippen molar-refractivity contribution >= 4 is 0 Å². The average molecular weight is 164 g/mol. The van der Waals surface area contributed by atoms with Crippen LogP contribution >= 0.6 is 0 Å². The third-order valence-corrected chi connectivity index (χ3v) is 2.35. The minimum atomic E-state index is -0.0521. The maximum Gasteiger partial charge on any atom is 0.152 e. The molecule has 0 spiro atoms. The molecule has 12 heavy (non-hydrogen) atoms. The van der Waals surface area contributed by atoms with Gasteiger partial charge in [-0.2, -0.15) is 0 Å². The Kier molecular flexibility index (Phi) is 2.11. The monoisotopic (exact) mass is 164 g/mol. The first kappa shape index (κ1) is 7.77. The zero-order chi connectivity index (χ0) is 8.39. The van der Waals surface area contributed by atoms with E-state index < -0.39 is 0 Å². The number of aliphatic hydroxyl groups excluding tert-OH is 1. The number of aliphatic hydroxyl groups is 1. The van der Waals surface area contributed by atoms with Crippen LogP contribution in [0.1, 0.15) is 5.56 Å². The summed E-state index contributed by atoms with van der Waals surface area (Å²) in [5.74, 6) is 0. The third kappa shape index (κ3) is 1.65. The molecule has 0 saturated carbocycles. The van der Waals surface area contributed by atoms with Gasteiger partial charge in [0.1, 0.15) is 19.6 Å². The summed E-state index contributed by atoms with van der Waals surface area (Å²) in [6, 6.07) is 10.4. The summed E-state index contributed by atoms with van der Waals surface area (Å²) in [5.41, 5.74) is 1.36. The highest BCUT2D eigenvalue weighted by Crippen LogP contribution is 1.96. The van der Waals surface area contributed by atoms with E-state index in [-0.39, 0.29) is 6.10 Å². The van der Waals surface area contributed by atoms with E-state index in [1.165, 1.54) is 10.5 Å². The zero-order valence-electron chi connectivity index (χ0n) is 7.03. The molecule has 0 unspecified atom stereocenters. The van der Waals surface area contributed by atoms with Gasteiger partial charge in [-0.25, -0.2) is 0 Å². The quantitative estimate of drug-likeness (QED) is 0.602. The summed E-state index contributed by atoms with van der Waals surface area (Å²) in [6.07, 6.45) is -0.0521. The molecule has 0 bridgehead atoms. The van der Waals surface area contributed by atoms with Gasteiger partial charge in [-0.05, 0) is 0 Å². The SMILES string of the molecule is OC1C[NH+](Cc2ccccc2)C1. The van der Waals surface area contributed by atoms with E-state index in [2.05, 4.69) is 24.3 Å². The summed E-state index contributed by atoms with van der Waals surface area (Å²) in [6.45, 7) is 2.88. The Morgan fingerprint density at radius 2 is 1.92 bits per heavy atom. The summed E-state index contributed by atoms with van der Waals surface area (Å²) < 4.78 is 0. The molecule has 1 heterocycles. The first-order chi connectivity index (χ1) is 5.84. The van der Waals surface area contributed by atoms with Gasteiger partial charge in [-0.15, -0.1) is 0 Å². The summed E-state index contributed by atoms with van der Waals surface area (Å²) >= 11 is 0. The standard InChI is InChI=1S/C10H13NO/c12-10-7-11(8-10)6-9-4-2-1-3-5-9/h1-5,10,12H,6-8H2/p+1. The van der Waals surface area contributed by atoms with Crippen molar-refractivity contribution in [2.24, 2.45) is 0 Å². The molecule has 1 aliphatic rings. The fraction of sp³-hybridized carbons (Fsp3) is 0.400. The second-order valence-corrected chi connectivity index (χ2v) is 3.47. The second kappa shape index (κ2) is 3.25. The lowest BCUT2D eigenvalue weighted by atomic mass is 10.1. The molecule has 1 saturated heterocycles. The topological polar surface area (TPSA) is 24.7 Å². The smallest absolute Gasteiger partial charge is 0.152 e. The van der Waals surface area contributed by atoms with E-state index in [9.17, 15) is 0 Å². The number of likely N-dealkylation sites (tertiary alicyclic amines) is 1. The van der Waals surface area contributed by atoms with Gasteiger partial charge in [0.05, 0.1) is 0 Å². The molecule has 0 radical (unpaired) electrons. The van der Waals surface area contributed by atoms with Crippen molar-refractivity contribution in [1.82, 2.24) is 0 Å². The molecule has 0 amide bonds. The minimum Gasteiger partial charge on any atom is -0.382 e. The van der Waals surface area contributed by atoms with Gasteiger partial charge < -0.3 is 10.0 Å². The minimum absolute atomic E-state index is 0.0521. The Balaban J connectivity index is 1.88. The lowest BCUT2D eigenvalue weighted by molar-refractivity contribution is -0.961. The number of rotatable bonds is 2. The van der Waals surface area contributed by atoms with Crippen molar-refractivity contribution in [2.75, 3.05) is 13.1 Å². The van der Waals surface area contributed by atoms with Gasteiger partial charge in [-0.3, -0.25) is 0 Å². The Morgan fingerprint density at radius 3 is 2.50 bits per heavy atom. The Morgan fingerprint density at radius 1 is 1.25 bits per heavy atom. The van der Waals surface area contributed by atoms with Crippen molar-refractivity contribution in [3.63, 3.8) is 0 Å². The van der Waals surface area contributed by atoms with E-state index in [0.717, 1.165) is 19.6 Å². The van der Waals surface area contributed by atoms with Crippen LogP contribution in [0.25, 0.3) is 0 Å². The van der Waals surface area contributed by atoms with E-state index in [4.69, 9.17) is 5.11 Å². The normalized spacial score (nSPS) is 28.1. The molecular weight excluding hydrogens is 150 g/mol. The summed E-state index contributed by atoms with van der Waals surface area (Å²) in [5, 5.41) is 9.08. The lowest BCUT2D eigenvalue weighted by Crippen LogP contribution is -3.20. The van der Waals surface area contributed by atoms with Crippen LogP contribution in [-0.4, -0.2) is 24.3 Å². The van der Waals surface area contributed by atoms with Crippen LogP contribution in [0, 0.1) is 0 Å². The first-order valence-electron chi connectivity index (χ1n) is 4.40. The van der Waals surface area contributed by atoms with Crippen LogP contribution in [0.4, 0.5) is 0 Å². The molecule has 2 rings (SSSR count). The van der Waals surface area contributed by atoms with E-state index in [1.807, 2.05) is 6.07 Å². The largest absolute Gasteiger partial charge is 0.382 e. The van der Waals surface area contributed by atoms with Crippen LogP contribution in [-0.2, 0) is 6.54 Å². The average Bonchev–Trinajstić information content (AvgIpc) is 2.04. The van der Waals surface area contributed by atoms with Gasteiger partial charge in [0.25, 0.3) is 0 Å². The van der Waals surface area contributed by atoms with E-state index >= 15 is 0 Å². The van der Waals surface area contributed by atoms with Crippen LogP contribution in [0.5, 0.6) is 0 Å².